The highest BCUT2D eigenvalue weighted by Crippen LogP contribution is 2.19. The summed E-state index contributed by atoms with van der Waals surface area (Å²) >= 11 is 0. The molecule has 82 valence electrons. The highest BCUT2D eigenvalue weighted by atomic mass is 16.6. The molecule has 0 aliphatic carbocycles. The number of esters is 1. The molecule has 0 aliphatic heterocycles. The monoisotopic (exact) mass is 210 g/mol. The third-order valence-electron chi connectivity index (χ3n) is 2.12. The van der Waals surface area contributed by atoms with Crippen LogP contribution in [-0.2, 0) is 14.3 Å². The topological polar surface area (TPSA) is 55.8 Å². The molecule has 0 fully saturated rings. The van der Waals surface area contributed by atoms with Gasteiger partial charge in [-0.15, -0.1) is 0 Å². The lowest BCUT2D eigenvalue weighted by molar-refractivity contribution is -0.159. The largest absolute Gasteiger partial charge is 0.467 e. The molecule has 0 unspecified atom stereocenters. The molecular formula is C11H14O4. The van der Waals surface area contributed by atoms with E-state index in [1.165, 1.54) is 14.2 Å². The number of methoxy groups -OCH3 is 2. The first-order valence-corrected chi connectivity index (χ1v) is 4.54. The fourth-order valence-corrected chi connectivity index (χ4v) is 1.30. The van der Waals surface area contributed by atoms with Gasteiger partial charge in [0.25, 0.3) is 0 Å². The molecule has 0 aromatic heterocycles. The second kappa shape index (κ2) is 5.48. The second-order valence-electron chi connectivity index (χ2n) is 3.03. The number of carbonyl (C=O) groups is 1. The maximum absolute atomic E-state index is 11.3. The molecule has 0 saturated heterocycles. The third kappa shape index (κ3) is 2.78. The Bertz CT molecular complexity index is 310. The van der Waals surface area contributed by atoms with Crippen molar-refractivity contribution in [2.75, 3.05) is 14.2 Å². The fourth-order valence-electron chi connectivity index (χ4n) is 1.30. The van der Waals surface area contributed by atoms with Gasteiger partial charge in [0.2, 0.25) is 0 Å². The molecule has 1 N–H and O–H groups in total. The Morgan fingerprint density at radius 2 is 1.87 bits per heavy atom. The average Bonchev–Trinajstić information content (AvgIpc) is 2.30. The highest BCUT2D eigenvalue weighted by Gasteiger charge is 2.28. The van der Waals surface area contributed by atoms with E-state index in [4.69, 9.17) is 4.74 Å². The lowest BCUT2D eigenvalue weighted by atomic mass is 10.0. The van der Waals surface area contributed by atoms with Crippen LogP contribution in [0.1, 0.15) is 11.7 Å². The maximum atomic E-state index is 11.3. The van der Waals surface area contributed by atoms with Crippen molar-refractivity contribution in [1.82, 2.24) is 0 Å². The number of rotatable bonds is 4. The van der Waals surface area contributed by atoms with E-state index in [1.54, 1.807) is 24.3 Å². The van der Waals surface area contributed by atoms with Gasteiger partial charge in [-0.25, -0.2) is 4.79 Å². The molecule has 0 saturated carbocycles. The summed E-state index contributed by atoms with van der Waals surface area (Å²) in [5, 5.41) is 9.86. The van der Waals surface area contributed by atoms with E-state index in [9.17, 15) is 9.90 Å². The summed E-state index contributed by atoms with van der Waals surface area (Å²) < 4.78 is 9.42. The Labute approximate surface area is 88.4 Å². The minimum atomic E-state index is -1.01. The number of ether oxygens (including phenoxy) is 2. The standard InChI is InChI=1S/C11H14O4/c1-14-10(11(13)15-2)9(12)8-6-4-3-5-7-8/h3-7,9-10,12H,1-2H3/t9-,10+/m0/s1. The number of hydrogen-bond acceptors (Lipinski definition) is 4. The smallest absolute Gasteiger partial charge is 0.338 e. The van der Waals surface area contributed by atoms with E-state index < -0.39 is 18.2 Å². The maximum Gasteiger partial charge on any atom is 0.338 e. The number of aliphatic hydroxyl groups excluding tert-OH is 1. The van der Waals surface area contributed by atoms with Crippen molar-refractivity contribution in [2.45, 2.75) is 12.2 Å². The molecule has 4 nitrogen and oxygen atoms in total. The fraction of sp³-hybridized carbons (Fsp3) is 0.364. The van der Waals surface area contributed by atoms with Crippen molar-refractivity contribution in [3.8, 4) is 0 Å². The van der Waals surface area contributed by atoms with Gasteiger partial charge in [0.1, 0.15) is 6.10 Å². The molecule has 1 aromatic carbocycles. The summed E-state index contributed by atoms with van der Waals surface area (Å²) in [5.74, 6) is -0.589. The van der Waals surface area contributed by atoms with Crippen LogP contribution in [0.2, 0.25) is 0 Å². The Hall–Kier alpha value is -1.39. The predicted molar refractivity (Wildman–Crippen MR) is 54.2 cm³/mol. The van der Waals surface area contributed by atoms with Crippen molar-refractivity contribution in [3.63, 3.8) is 0 Å². The van der Waals surface area contributed by atoms with Gasteiger partial charge in [-0.3, -0.25) is 0 Å². The van der Waals surface area contributed by atoms with E-state index in [2.05, 4.69) is 4.74 Å². The number of hydrogen-bond donors (Lipinski definition) is 1. The quantitative estimate of drug-likeness (QED) is 0.750. The zero-order chi connectivity index (χ0) is 11.3. The van der Waals surface area contributed by atoms with Gasteiger partial charge in [0.15, 0.2) is 6.10 Å². The zero-order valence-electron chi connectivity index (χ0n) is 8.71. The van der Waals surface area contributed by atoms with Gasteiger partial charge >= 0.3 is 5.97 Å². The van der Waals surface area contributed by atoms with E-state index in [1.807, 2.05) is 6.07 Å². The summed E-state index contributed by atoms with van der Waals surface area (Å²) in [4.78, 5) is 11.3. The third-order valence-corrected chi connectivity index (χ3v) is 2.12. The molecule has 4 heteroatoms. The minimum absolute atomic E-state index is 0.589. The van der Waals surface area contributed by atoms with Crippen LogP contribution in [0.25, 0.3) is 0 Å². The van der Waals surface area contributed by atoms with Crippen molar-refractivity contribution >= 4 is 5.97 Å². The van der Waals surface area contributed by atoms with Crippen LogP contribution in [-0.4, -0.2) is 31.4 Å². The zero-order valence-corrected chi connectivity index (χ0v) is 8.71. The van der Waals surface area contributed by atoms with Gasteiger partial charge in [0, 0.05) is 7.11 Å². The lowest BCUT2D eigenvalue weighted by Crippen LogP contribution is -2.31. The lowest BCUT2D eigenvalue weighted by Gasteiger charge is -2.19. The van der Waals surface area contributed by atoms with E-state index in [-0.39, 0.29) is 0 Å². The van der Waals surface area contributed by atoms with Crippen LogP contribution >= 0.6 is 0 Å². The predicted octanol–water partition coefficient (Wildman–Crippen LogP) is 0.908. The normalized spacial score (nSPS) is 14.3. The van der Waals surface area contributed by atoms with Crippen molar-refractivity contribution < 1.29 is 19.4 Å². The van der Waals surface area contributed by atoms with Crippen molar-refractivity contribution in [3.05, 3.63) is 35.9 Å². The Morgan fingerprint density at radius 3 is 2.33 bits per heavy atom. The van der Waals surface area contributed by atoms with E-state index in [0.717, 1.165) is 0 Å². The number of carbonyl (C=O) groups excluding carboxylic acids is 1. The van der Waals surface area contributed by atoms with Gasteiger partial charge in [-0.1, -0.05) is 30.3 Å². The Morgan fingerprint density at radius 1 is 1.27 bits per heavy atom. The first-order valence-electron chi connectivity index (χ1n) is 4.54. The summed E-state index contributed by atoms with van der Waals surface area (Å²) in [6.07, 6.45) is -2.00. The van der Waals surface area contributed by atoms with Crippen molar-refractivity contribution in [2.24, 2.45) is 0 Å². The first-order chi connectivity index (χ1) is 7.20. The van der Waals surface area contributed by atoms with Crippen LogP contribution in [0.5, 0.6) is 0 Å². The van der Waals surface area contributed by atoms with E-state index >= 15 is 0 Å². The molecule has 15 heavy (non-hydrogen) atoms. The summed E-state index contributed by atoms with van der Waals surface area (Å²) in [6.45, 7) is 0. The molecule has 0 bridgehead atoms. The SMILES string of the molecule is COC(=O)[C@H](OC)[C@@H](O)c1ccccc1. The Kier molecular flexibility index (Phi) is 4.27. The summed E-state index contributed by atoms with van der Waals surface area (Å²) in [7, 11) is 2.61. The summed E-state index contributed by atoms with van der Waals surface area (Å²) in [5.41, 5.74) is 0.620. The molecular weight excluding hydrogens is 196 g/mol. The first kappa shape index (κ1) is 11.7. The molecule has 0 amide bonds. The molecule has 0 aliphatic rings. The van der Waals surface area contributed by atoms with Gasteiger partial charge < -0.3 is 14.6 Å². The van der Waals surface area contributed by atoms with E-state index in [0.29, 0.717) is 5.56 Å². The molecule has 2 atom stereocenters. The minimum Gasteiger partial charge on any atom is -0.467 e. The van der Waals surface area contributed by atoms with Crippen molar-refractivity contribution in [1.29, 1.82) is 0 Å². The molecule has 1 rings (SSSR count). The van der Waals surface area contributed by atoms with Gasteiger partial charge in [-0.2, -0.15) is 0 Å². The molecule has 0 heterocycles. The van der Waals surface area contributed by atoms with Gasteiger partial charge in [0.05, 0.1) is 7.11 Å². The summed E-state index contributed by atoms with van der Waals surface area (Å²) in [6, 6.07) is 8.83. The van der Waals surface area contributed by atoms with Crippen LogP contribution in [0, 0.1) is 0 Å². The van der Waals surface area contributed by atoms with Crippen LogP contribution in [0.15, 0.2) is 30.3 Å². The molecule has 1 aromatic rings. The molecule has 0 radical (unpaired) electrons. The number of benzene rings is 1. The Balaban J connectivity index is 2.82. The average molecular weight is 210 g/mol. The number of aliphatic hydroxyl groups is 1. The van der Waals surface area contributed by atoms with Crippen LogP contribution in [0.4, 0.5) is 0 Å². The van der Waals surface area contributed by atoms with Gasteiger partial charge in [-0.05, 0) is 5.56 Å². The highest BCUT2D eigenvalue weighted by molar-refractivity contribution is 5.75. The second-order valence-corrected chi connectivity index (χ2v) is 3.03. The van der Waals surface area contributed by atoms with Crippen LogP contribution < -0.4 is 0 Å². The van der Waals surface area contributed by atoms with Crippen LogP contribution in [0.3, 0.4) is 0 Å². The molecule has 0 spiro atoms.